The number of aromatic nitrogens is 2. The van der Waals surface area contributed by atoms with Crippen LogP contribution in [0.1, 0.15) is 37.9 Å². The zero-order valence-electron chi connectivity index (χ0n) is 13.6. The van der Waals surface area contributed by atoms with Crippen LogP contribution in [-0.4, -0.2) is 21.2 Å². The lowest BCUT2D eigenvalue weighted by Crippen LogP contribution is -2.09. The van der Waals surface area contributed by atoms with E-state index in [1.807, 2.05) is 6.07 Å². The normalized spacial score (nSPS) is 14.2. The molecular formula is C17H22N4O2. The number of para-hydroxylation sites is 2. The number of nitro groups is 1. The van der Waals surface area contributed by atoms with Gasteiger partial charge in [-0.15, -0.1) is 0 Å². The number of benzene rings is 1. The molecule has 1 aliphatic rings. The third kappa shape index (κ3) is 3.06. The lowest BCUT2D eigenvalue weighted by molar-refractivity contribution is -0.384. The monoisotopic (exact) mass is 314 g/mol. The van der Waals surface area contributed by atoms with Gasteiger partial charge in [0.2, 0.25) is 0 Å². The second-order valence-electron chi connectivity index (χ2n) is 6.41. The Morgan fingerprint density at radius 1 is 1.35 bits per heavy atom. The minimum absolute atomic E-state index is 0.0833. The van der Waals surface area contributed by atoms with E-state index in [4.69, 9.17) is 5.10 Å². The quantitative estimate of drug-likeness (QED) is 0.689. The highest BCUT2D eigenvalue weighted by Gasteiger charge is 2.24. The number of hydrogen-bond acceptors (Lipinski definition) is 4. The van der Waals surface area contributed by atoms with E-state index in [-0.39, 0.29) is 10.6 Å². The van der Waals surface area contributed by atoms with Gasteiger partial charge in [-0.25, -0.2) is 4.68 Å². The largest absolute Gasteiger partial charge is 0.370 e. The molecule has 1 N–H and O–H groups in total. The molecule has 0 saturated carbocycles. The van der Waals surface area contributed by atoms with Crippen LogP contribution in [0.5, 0.6) is 0 Å². The van der Waals surface area contributed by atoms with Gasteiger partial charge in [0.05, 0.1) is 10.6 Å². The summed E-state index contributed by atoms with van der Waals surface area (Å²) in [4.78, 5) is 11.0. The first-order valence-electron chi connectivity index (χ1n) is 8.16. The van der Waals surface area contributed by atoms with Crippen LogP contribution in [0, 0.1) is 16.0 Å². The maximum atomic E-state index is 11.4. The van der Waals surface area contributed by atoms with E-state index in [0.29, 0.717) is 11.6 Å². The van der Waals surface area contributed by atoms with Gasteiger partial charge in [0.1, 0.15) is 11.5 Å². The fraction of sp³-hybridized carbons (Fsp3) is 0.471. The molecule has 0 unspecified atom stereocenters. The van der Waals surface area contributed by atoms with Crippen LogP contribution < -0.4 is 5.32 Å². The summed E-state index contributed by atoms with van der Waals surface area (Å²) in [5.74, 6) is 1.42. The predicted molar refractivity (Wildman–Crippen MR) is 90.2 cm³/mol. The molecule has 0 radical (unpaired) electrons. The van der Waals surface area contributed by atoms with Gasteiger partial charge >= 0.3 is 0 Å². The van der Waals surface area contributed by atoms with E-state index < -0.39 is 0 Å². The van der Waals surface area contributed by atoms with Crippen molar-refractivity contribution in [2.24, 2.45) is 5.92 Å². The number of nitrogens with one attached hydrogen (secondary N) is 1. The number of rotatable bonds is 4. The summed E-state index contributed by atoms with van der Waals surface area (Å²) in [6, 6.07) is 6.79. The molecule has 122 valence electrons. The summed E-state index contributed by atoms with van der Waals surface area (Å²) in [7, 11) is 0. The molecule has 3 rings (SSSR count). The Morgan fingerprint density at radius 2 is 2.13 bits per heavy atom. The maximum absolute atomic E-state index is 11.4. The Labute approximate surface area is 135 Å². The number of hydrogen-bond donors (Lipinski definition) is 1. The van der Waals surface area contributed by atoms with Crippen molar-refractivity contribution < 1.29 is 4.92 Å². The Bertz CT molecular complexity index is 721. The first kappa shape index (κ1) is 15.5. The number of nitrogens with zero attached hydrogens (tertiary/aromatic N) is 3. The number of anilines is 1. The molecule has 6 nitrogen and oxygen atoms in total. The molecule has 1 aromatic heterocycles. The Kier molecular flexibility index (Phi) is 4.32. The molecular weight excluding hydrogens is 292 g/mol. The van der Waals surface area contributed by atoms with Crippen molar-refractivity contribution in [2.45, 2.75) is 39.5 Å². The molecule has 2 heterocycles. The summed E-state index contributed by atoms with van der Waals surface area (Å²) in [5.41, 5.74) is 2.88. The van der Waals surface area contributed by atoms with Gasteiger partial charge in [0, 0.05) is 18.2 Å². The molecule has 0 spiro atoms. The van der Waals surface area contributed by atoms with E-state index in [1.165, 1.54) is 11.6 Å². The van der Waals surface area contributed by atoms with Crippen molar-refractivity contribution in [2.75, 3.05) is 11.9 Å². The average molecular weight is 314 g/mol. The number of fused-ring (bicyclic) bond motifs is 1. The minimum Gasteiger partial charge on any atom is -0.370 e. The van der Waals surface area contributed by atoms with Crippen molar-refractivity contribution in [1.29, 1.82) is 0 Å². The number of nitro benzene ring substituents is 1. The van der Waals surface area contributed by atoms with Crippen molar-refractivity contribution in [1.82, 2.24) is 9.78 Å². The highest BCUT2D eigenvalue weighted by atomic mass is 16.6. The van der Waals surface area contributed by atoms with Crippen LogP contribution in [0.15, 0.2) is 24.3 Å². The van der Waals surface area contributed by atoms with Crippen molar-refractivity contribution in [3.8, 4) is 5.69 Å². The molecule has 0 aliphatic carbocycles. The Balaban J connectivity index is 2.16. The molecule has 0 bridgehead atoms. The van der Waals surface area contributed by atoms with Gasteiger partial charge in [0.25, 0.3) is 5.69 Å². The predicted octanol–water partition coefficient (Wildman–Crippen LogP) is 3.73. The zero-order valence-corrected chi connectivity index (χ0v) is 13.6. The summed E-state index contributed by atoms with van der Waals surface area (Å²) in [6.45, 7) is 5.21. The van der Waals surface area contributed by atoms with Crippen molar-refractivity contribution in [3.05, 3.63) is 45.6 Å². The van der Waals surface area contributed by atoms with Gasteiger partial charge < -0.3 is 5.32 Å². The van der Waals surface area contributed by atoms with E-state index in [9.17, 15) is 10.1 Å². The van der Waals surface area contributed by atoms with E-state index >= 15 is 0 Å². The van der Waals surface area contributed by atoms with Crippen LogP contribution in [0.3, 0.4) is 0 Å². The molecule has 0 fully saturated rings. The van der Waals surface area contributed by atoms with E-state index in [0.717, 1.165) is 43.7 Å². The van der Waals surface area contributed by atoms with Gasteiger partial charge in [0.15, 0.2) is 0 Å². The summed E-state index contributed by atoms with van der Waals surface area (Å²) in [5, 5.41) is 19.5. The third-order valence-corrected chi connectivity index (χ3v) is 4.12. The SMILES string of the molecule is CC(C)Cc1nn(-c2ccccc2[N+](=O)[O-])c2c1CCCCN2. The first-order valence-corrected chi connectivity index (χ1v) is 8.16. The molecule has 0 atom stereocenters. The van der Waals surface area contributed by atoms with Crippen molar-refractivity contribution >= 4 is 11.5 Å². The molecule has 1 aromatic carbocycles. The Morgan fingerprint density at radius 3 is 2.87 bits per heavy atom. The summed E-state index contributed by atoms with van der Waals surface area (Å²) >= 11 is 0. The van der Waals surface area contributed by atoms with Crippen LogP contribution in [0.2, 0.25) is 0 Å². The van der Waals surface area contributed by atoms with Gasteiger partial charge in [-0.1, -0.05) is 26.0 Å². The van der Waals surface area contributed by atoms with Crippen molar-refractivity contribution in [3.63, 3.8) is 0 Å². The molecule has 1 aliphatic heterocycles. The van der Waals surface area contributed by atoms with E-state index in [2.05, 4.69) is 19.2 Å². The van der Waals surface area contributed by atoms with Crippen LogP contribution in [-0.2, 0) is 12.8 Å². The topological polar surface area (TPSA) is 73.0 Å². The van der Waals surface area contributed by atoms with Gasteiger partial charge in [-0.05, 0) is 37.7 Å². The smallest absolute Gasteiger partial charge is 0.294 e. The third-order valence-electron chi connectivity index (χ3n) is 4.12. The standard InChI is InChI=1S/C17H22N4O2/c1-12(2)11-14-13-7-5-6-10-18-17(13)20(19-14)15-8-3-4-9-16(15)21(22)23/h3-4,8-9,12,18H,5-7,10-11H2,1-2H3. The average Bonchev–Trinajstić information content (AvgIpc) is 2.71. The fourth-order valence-electron chi connectivity index (χ4n) is 3.10. The van der Waals surface area contributed by atoms with E-state index in [1.54, 1.807) is 16.8 Å². The highest BCUT2D eigenvalue weighted by molar-refractivity contribution is 5.60. The summed E-state index contributed by atoms with van der Waals surface area (Å²) < 4.78 is 1.73. The molecule has 6 heteroatoms. The molecule has 0 saturated heterocycles. The lowest BCUT2D eigenvalue weighted by Gasteiger charge is -2.09. The minimum atomic E-state index is -0.345. The second-order valence-corrected chi connectivity index (χ2v) is 6.41. The zero-order chi connectivity index (χ0) is 16.4. The van der Waals surface area contributed by atoms with Crippen LogP contribution in [0.4, 0.5) is 11.5 Å². The molecule has 2 aromatic rings. The lowest BCUT2D eigenvalue weighted by atomic mass is 10.0. The maximum Gasteiger partial charge on any atom is 0.294 e. The van der Waals surface area contributed by atoms with Crippen LogP contribution in [0.25, 0.3) is 5.69 Å². The molecule has 0 amide bonds. The first-order chi connectivity index (χ1) is 11.1. The van der Waals surface area contributed by atoms with Gasteiger partial charge in [-0.3, -0.25) is 10.1 Å². The molecule has 23 heavy (non-hydrogen) atoms. The Hall–Kier alpha value is -2.37. The second kappa shape index (κ2) is 6.40. The summed E-state index contributed by atoms with van der Waals surface area (Å²) in [6.07, 6.45) is 4.09. The highest BCUT2D eigenvalue weighted by Crippen LogP contribution is 2.32. The fourth-order valence-corrected chi connectivity index (χ4v) is 3.10. The van der Waals surface area contributed by atoms with Crippen LogP contribution >= 0.6 is 0 Å². The van der Waals surface area contributed by atoms with Gasteiger partial charge in [-0.2, -0.15) is 5.10 Å².